The molecule has 226 valence electrons. The summed E-state index contributed by atoms with van der Waals surface area (Å²) >= 11 is -1.82. The topological polar surface area (TPSA) is 111 Å². The van der Waals surface area contributed by atoms with Crippen LogP contribution >= 0.6 is 0 Å². The first-order chi connectivity index (χ1) is 19.1. The van der Waals surface area contributed by atoms with Crippen LogP contribution in [0.4, 0.5) is 13.2 Å². The summed E-state index contributed by atoms with van der Waals surface area (Å²) in [5.41, 5.74) is 7.27. The highest BCUT2D eigenvalue weighted by Gasteiger charge is 2.40. The molecule has 41 heavy (non-hydrogen) atoms. The van der Waals surface area contributed by atoms with Crippen LogP contribution in [-0.4, -0.2) is 39.6 Å². The van der Waals surface area contributed by atoms with Crippen LogP contribution in [0.1, 0.15) is 68.0 Å². The number of hydrogen-bond donors (Lipinski definition) is 3. The zero-order valence-electron chi connectivity index (χ0n) is 24.2. The number of fused-ring (bicyclic) bond motifs is 1. The molecule has 0 radical (unpaired) electrons. The van der Waals surface area contributed by atoms with Crippen molar-refractivity contribution in [2.45, 2.75) is 71.2 Å². The zero-order valence-corrected chi connectivity index (χ0v) is 25.0. The van der Waals surface area contributed by atoms with Crippen molar-refractivity contribution in [3.8, 4) is 0 Å². The number of aryl methyl sites for hydroxylation is 1. The molecule has 1 heterocycles. The number of benzene rings is 2. The monoisotopic (exact) mass is 595 g/mol. The van der Waals surface area contributed by atoms with Gasteiger partial charge in [0.05, 0.1) is 47.3 Å². The molecule has 4 N–H and O–H groups in total. The van der Waals surface area contributed by atoms with Crippen molar-refractivity contribution in [1.82, 2.24) is 9.62 Å². The molecule has 0 saturated heterocycles. The smallest absolute Gasteiger partial charge is 0.416 e. The standard InChI is InChI=1S/C30H40F3N3O4S/c1-6-11-35-15-25(34)18-40-27(29(4,5)28(37)38)22-8-7-20(3)23(13-22)17-36-16-19(2)12-21-9-10-24(30(31,32)33)14-26(21)41(36)39/h7-10,13-15,19,27,35H,6,11-12,16-18,34H2,1-5H3,(H,37,38)/b25-15-. The average Bonchev–Trinajstić information content (AvgIpc) is 3.00. The number of carbonyl (C=O) groups is 1. The third kappa shape index (κ3) is 8.18. The molecule has 2 aromatic carbocycles. The minimum atomic E-state index is -4.54. The van der Waals surface area contributed by atoms with Gasteiger partial charge in [0.1, 0.15) is 0 Å². The van der Waals surface area contributed by atoms with E-state index in [-0.39, 0.29) is 24.0 Å². The predicted octanol–water partition coefficient (Wildman–Crippen LogP) is 5.70. The first-order valence-electron chi connectivity index (χ1n) is 13.6. The minimum absolute atomic E-state index is 0.00722. The van der Waals surface area contributed by atoms with Gasteiger partial charge < -0.3 is 25.4 Å². The van der Waals surface area contributed by atoms with Crippen LogP contribution in [0.2, 0.25) is 0 Å². The normalized spacial score (nSPS) is 19.4. The number of nitrogens with two attached hydrogens (primary N) is 1. The van der Waals surface area contributed by atoms with Crippen LogP contribution in [0, 0.1) is 18.3 Å². The van der Waals surface area contributed by atoms with Gasteiger partial charge in [-0.1, -0.05) is 38.1 Å². The molecular weight excluding hydrogens is 555 g/mol. The SMILES string of the molecule is CCCN/C=C(\N)COC(c1ccc(C)c(CN2CC(C)Cc3ccc(C(F)(F)F)cc3[S+]2[O-])c1)C(C)(C)C(=O)O. The van der Waals surface area contributed by atoms with E-state index < -0.39 is 40.6 Å². The van der Waals surface area contributed by atoms with Gasteiger partial charge in [0.25, 0.3) is 0 Å². The Labute approximate surface area is 243 Å². The fourth-order valence-electron chi connectivity index (χ4n) is 4.80. The average molecular weight is 596 g/mol. The summed E-state index contributed by atoms with van der Waals surface area (Å²) in [6.45, 7) is 10.4. The highest BCUT2D eigenvalue weighted by molar-refractivity contribution is 7.89. The number of hydrogen-bond acceptors (Lipinski definition) is 6. The van der Waals surface area contributed by atoms with Crippen molar-refractivity contribution >= 4 is 17.3 Å². The van der Waals surface area contributed by atoms with E-state index in [1.807, 2.05) is 32.9 Å². The highest BCUT2D eigenvalue weighted by atomic mass is 32.2. The van der Waals surface area contributed by atoms with E-state index in [9.17, 15) is 27.6 Å². The second kappa shape index (κ2) is 13.5. The van der Waals surface area contributed by atoms with Gasteiger partial charge in [-0.2, -0.15) is 13.2 Å². The third-order valence-corrected chi connectivity index (χ3v) is 8.73. The van der Waals surface area contributed by atoms with Gasteiger partial charge in [0.15, 0.2) is 4.90 Å². The molecule has 0 bridgehead atoms. The lowest BCUT2D eigenvalue weighted by Gasteiger charge is -2.32. The van der Waals surface area contributed by atoms with Crippen LogP contribution in [0.15, 0.2) is 53.2 Å². The molecular formula is C30H40F3N3O4S. The Morgan fingerprint density at radius 3 is 2.63 bits per heavy atom. The summed E-state index contributed by atoms with van der Waals surface area (Å²) in [6.07, 6.45) is -2.32. The van der Waals surface area contributed by atoms with Gasteiger partial charge in [-0.25, -0.2) is 0 Å². The molecule has 1 aliphatic rings. The van der Waals surface area contributed by atoms with E-state index in [1.165, 1.54) is 6.07 Å². The number of alkyl halides is 3. The third-order valence-electron chi connectivity index (χ3n) is 7.23. The summed E-state index contributed by atoms with van der Waals surface area (Å²) in [4.78, 5) is 12.4. The Kier molecular flexibility index (Phi) is 10.8. The Morgan fingerprint density at radius 1 is 1.29 bits per heavy atom. The lowest BCUT2D eigenvalue weighted by atomic mass is 9.81. The Hall–Kier alpha value is -2.73. The maximum atomic E-state index is 13.7. The fourth-order valence-corrected chi connectivity index (χ4v) is 6.32. The Morgan fingerprint density at radius 2 is 2.00 bits per heavy atom. The molecule has 7 nitrogen and oxygen atoms in total. The Bertz CT molecular complexity index is 1250. The summed E-state index contributed by atoms with van der Waals surface area (Å²) in [5.74, 6) is -0.991. The van der Waals surface area contributed by atoms with Crippen LogP contribution in [0.3, 0.4) is 0 Å². The number of nitrogens with zero attached hydrogens (tertiary/aromatic N) is 1. The number of ether oxygens (including phenoxy) is 1. The fraction of sp³-hybridized carbons (Fsp3) is 0.500. The largest absolute Gasteiger partial charge is 0.593 e. The molecule has 2 aromatic rings. The van der Waals surface area contributed by atoms with Crippen LogP contribution < -0.4 is 11.1 Å². The number of halogens is 3. The first kappa shape index (κ1) is 32.8. The van der Waals surface area contributed by atoms with E-state index in [1.54, 1.807) is 30.4 Å². The number of carboxylic acid groups (broad SMARTS) is 1. The van der Waals surface area contributed by atoms with Gasteiger partial charge in [-0.3, -0.25) is 4.79 Å². The van der Waals surface area contributed by atoms with E-state index >= 15 is 0 Å². The van der Waals surface area contributed by atoms with E-state index in [0.717, 1.165) is 36.2 Å². The van der Waals surface area contributed by atoms with E-state index in [4.69, 9.17) is 10.5 Å². The van der Waals surface area contributed by atoms with Gasteiger partial charge in [0.2, 0.25) is 0 Å². The Balaban J connectivity index is 1.94. The van der Waals surface area contributed by atoms with Crippen molar-refractivity contribution in [2.24, 2.45) is 17.1 Å². The minimum Gasteiger partial charge on any atom is -0.593 e. The molecule has 3 atom stereocenters. The first-order valence-corrected chi connectivity index (χ1v) is 14.7. The van der Waals surface area contributed by atoms with Crippen molar-refractivity contribution in [3.05, 3.63) is 76.1 Å². The lowest BCUT2D eigenvalue weighted by molar-refractivity contribution is -0.156. The summed E-state index contributed by atoms with van der Waals surface area (Å²) in [6, 6.07) is 8.94. The molecule has 3 rings (SSSR count). The van der Waals surface area contributed by atoms with Crippen molar-refractivity contribution in [2.75, 3.05) is 19.7 Å². The number of carboxylic acids is 1. The molecule has 1 aliphatic heterocycles. The van der Waals surface area contributed by atoms with Gasteiger partial charge in [0, 0.05) is 30.9 Å². The quantitative estimate of drug-likeness (QED) is 0.226. The van der Waals surface area contributed by atoms with Crippen molar-refractivity contribution < 1.29 is 32.4 Å². The number of rotatable bonds is 11. The second-order valence-electron chi connectivity index (χ2n) is 11.3. The molecule has 0 spiro atoms. The van der Waals surface area contributed by atoms with E-state index in [2.05, 4.69) is 5.32 Å². The van der Waals surface area contributed by atoms with E-state index in [0.29, 0.717) is 29.8 Å². The zero-order chi connectivity index (χ0) is 30.5. The lowest BCUT2D eigenvalue weighted by Crippen LogP contribution is -2.35. The maximum Gasteiger partial charge on any atom is 0.416 e. The van der Waals surface area contributed by atoms with Gasteiger partial charge in [-0.15, -0.1) is 4.31 Å². The summed E-state index contributed by atoms with van der Waals surface area (Å²) < 4.78 is 61.8. The second-order valence-corrected chi connectivity index (χ2v) is 12.7. The van der Waals surface area contributed by atoms with Crippen LogP contribution in [0.25, 0.3) is 0 Å². The van der Waals surface area contributed by atoms with Crippen LogP contribution in [0.5, 0.6) is 0 Å². The molecule has 0 aromatic heterocycles. The summed E-state index contributed by atoms with van der Waals surface area (Å²) in [5, 5.41) is 13.1. The van der Waals surface area contributed by atoms with Gasteiger partial charge in [-0.05, 0) is 62.3 Å². The van der Waals surface area contributed by atoms with Crippen molar-refractivity contribution in [1.29, 1.82) is 0 Å². The molecule has 0 amide bonds. The maximum absolute atomic E-state index is 13.7. The molecule has 0 saturated carbocycles. The highest BCUT2D eigenvalue weighted by Crippen LogP contribution is 2.39. The molecule has 0 fully saturated rings. The van der Waals surface area contributed by atoms with Gasteiger partial charge >= 0.3 is 12.1 Å². The summed E-state index contributed by atoms with van der Waals surface area (Å²) in [7, 11) is 0. The van der Waals surface area contributed by atoms with Crippen LogP contribution in [-0.2, 0) is 40.0 Å². The number of nitrogens with one attached hydrogen (secondary N) is 1. The molecule has 0 aliphatic carbocycles. The predicted molar refractivity (Wildman–Crippen MR) is 153 cm³/mol. The number of aliphatic carboxylic acids is 1. The molecule has 11 heteroatoms. The molecule has 3 unspecified atom stereocenters. The van der Waals surface area contributed by atoms with Crippen molar-refractivity contribution in [3.63, 3.8) is 0 Å².